The molecule has 3 aromatic heterocycles. The van der Waals surface area contributed by atoms with Gasteiger partial charge in [0.05, 0.1) is 11.9 Å². The van der Waals surface area contributed by atoms with Crippen LogP contribution < -0.4 is 5.32 Å². The van der Waals surface area contributed by atoms with Gasteiger partial charge >= 0.3 is 0 Å². The Balaban J connectivity index is 1.41. The number of fused-ring (bicyclic) bond motifs is 1. The minimum Gasteiger partial charge on any atom is -0.338 e. The zero-order valence-electron chi connectivity index (χ0n) is 16.8. The molecule has 1 amide bonds. The van der Waals surface area contributed by atoms with E-state index in [9.17, 15) is 4.79 Å². The third-order valence-corrected chi connectivity index (χ3v) is 6.67. The van der Waals surface area contributed by atoms with E-state index < -0.39 is 0 Å². The molecule has 0 aliphatic carbocycles. The largest absolute Gasteiger partial charge is 0.338 e. The van der Waals surface area contributed by atoms with E-state index in [2.05, 4.69) is 52.0 Å². The van der Waals surface area contributed by atoms with E-state index >= 15 is 0 Å². The summed E-state index contributed by atoms with van der Waals surface area (Å²) in [6.07, 6.45) is 5.32. The number of piperidine rings is 1. The number of nitrogens with one attached hydrogen (secondary N) is 1. The molecule has 1 N–H and O–H groups in total. The fourth-order valence-electron chi connectivity index (χ4n) is 4.08. The van der Waals surface area contributed by atoms with Gasteiger partial charge in [0, 0.05) is 30.7 Å². The summed E-state index contributed by atoms with van der Waals surface area (Å²) in [6.45, 7) is 3.54. The highest BCUT2D eigenvalue weighted by molar-refractivity contribution is 7.08. The van der Waals surface area contributed by atoms with Crippen molar-refractivity contribution in [1.29, 1.82) is 0 Å². The lowest BCUT2D eigenvalue weighted by Gasteiger charge is -2.32. The number of thiophene rings is 1. The molecule has 0 bridgehead atoms. The average molecular weight is 418 g/mol. The molecule has 5 rings (SSSR count). The smallest absolute Gasteiger partial charge is 0.259 e. The molecule has 0 saturated carbocycles. The number of anilines is 2. The van der Waals surface area contributed by atoms with Gasteiger partial charge in [-0.15, -0.1) is 11.3 Å². The van der Waals surface area contributed by atoms with E-state index in [1.54, 1.807) is 28.2 Å². The van der Waals surface area contributed by atoms with Crippen LogP contribution in [0.5, 0.6) is 0 Å². The Bertz CT molecular complexity index is 1170. The minimum absolute atomic E-state index is 0.00166. The number of hydrogen-bond acceptors (Lipinski definition) is 5. The van der Waals surface area contributed by atoms with E-state index in [1.807, 2.05) is 22.4 Å². The molecular formula is C23H23N5OS. The maximum Gasteiger partial charge on any atom is 0.259 e. The molecule has 1 saturated heterocycles. The molecule has 4 heterocycles. The number of aromatic nitrogens is 3. The molecule has 1 fully saturated rings. The van der Waals surface area contributed by atoms with Crippen LogP contribution >= 0.6 is 11.3 Å². The monoisotopic (exact) mass is 417 g/mol. The van der Waals surface area contributed by atoms with Gasteiger partial charge < -0.3 is 10.2 Å². The van der Waals surface area contributed by atoms with E-state index in [0.717, 1.165) is 37.2 Å². The summed E-state index contributed by atoms with van der Waals surface area (Å²) in [5, 5.41) is 12.0. The SMILES string of the molecule is Cc1cscc1Nc1c(C(=O)N2CCC(c3ccccc3)CC2)cnc2ccnn12. The highest BCUT2D eigenvalue weighted by Crippen LogP contribution is 2.31. The lowest BCUT2D eigenvalue weighted by molar-refractivity contribution is 0.0713. The summed E-state index contributed by atoms with van der Waals surface area (Å²) in [5.74, 6) is 1.18. The number of rotatable bonds is 4. The molecule has 4 aromatic rings. The Labute approximate surface area is 179 Å². The third kappa shape index (κ3) is 3.45. The van der Waals surface area contributed by atoms with Crippen LogP contribution in [0.1, 0.15) is 40.2 Å². The average Bonchev–Trinajstić information content (AvgIpc) is 3.43. The Kier molecular flexibility index (Phi) is 4.96. The zero-order chi connectivity index (χ0) is 20.5. The highest BCUT2D eigenvalue weighted by atomic mass is 32.1. The second-order valence-electron chi connectivity index (χ2n) is 7.69. The molecule has 0 unspecified atom stereocenters. The van der Waals surface area contributed by atoms with Gasteiger partial charge in [-0.3, -0.25) is 4.79 Å². The highest BCUT2D eigenvalue weighted by Gasteiger charge is 2.27. The molecular weight excluding hydrogens is 394 g/mol. The maximum atomic E-state index is 13.5. The van der Waals surface area contributed by atoms with Crippen molar-refractivity contribution < 1.29 is 4.79 Å². The summed E-state index contributed by atoms with van der Waals surface area (Å²) in [7, 11) is 0. The fourth-order valence-corrected chi connectivity index (χ4v) is 4.86. The van der Waals surface area contributed by atoms with E-state index in [1.165, 1.54) is 5.56 Å². The van der Waals surface area contributed by atoms with Crippen molar-refractivity contribution in [3.63, 3.8) is 0 Å². The van der Waals surface area contributed by atoms with Crippen molar-refractivity contribution in [2.45, 2.75) is 25.7 Å². The zero-order valence-corrected chi connectivity index (χ0v) is 17.6. The topological polar surface area (TPSA) is 62.5 Å². The number of benzene rings is 1. The quantitative estimate of drug-likeness (QED) is 0.515. The molecule has 6 nitrogen and oxygen atoms in total. The third-order valence-electron chi connectivity index (χ3n) is 5.81. The maximum absolute atomic E-state index is 13.5. The number of aryl methyl sites for hydroxylation is 1. The van der Waals surface area contributed by atoms with Crippen LogP contribution in [0.2, 0.25) is 0 Å². The molecule has 1 aliphatic rings. The first kappa shape index (κ1) is 18.8. The van der Waals surface area contributed by atoms with Gasteiger partial charge in [0.1, 0.15) is 11.4 Å². The summed E-state index contributed by atoms with van der Waals surface area (Å²) >= 11 is 1.63. The number of likely N-dealkylation sites (tertiary alicyclic amines) is 1. The number of carbonyl (C=O) groups is 1. The van der Waals surface area contributed by atoms with Gasteiger partial charge in [-0.1, -0.05) is 30.3 Å². The lowest BCUT2D eigenvalue weighted by Crippen LogP contribution is -2.38. The molecule has 152 valence electrons. The first-order chi connectivity index (χ1) is 14.7. The van der Waals surface area contributed by atoms with Crippen molar-refractivity contribution in [2.75, 3.05) is 18.4 Å². The summed E-state index contributed by atoms with van der Waals surface area (Å²) < 4.78 is 1.71. The minimum atomic E-state index is 0.00166. The van der Waals surface area contributed by atoms with E-state index in [-0.39, 0.29) is 5.91 Å². The Morgan fingerprint density at radius 3 is 2.67 bits per heavy atom. The first-order valence-electron chi connectivity index (χ1n) is 10.2. The number of hydrogen-bond donors (Lipinski definition) is 1. The second kappa shape index (κ2) is 7.91. The van der Waals surface area contributed by atoms with Crippen molar-refractivity contribution in [3.8, 4) is 0 Å². The molecule has 0 radical (unpaired) electrons. The molecule has 0 spiro atoms. The Hall–Kier alpha value is -3.19. The summed E-state index contributed by atoms with van der Waals surface area (Å²) in [5.41, 5.74) is 4.75. The normalized spacial score (nSPS) is 14.9. The molecule has 7 heteroatoms. The Morgan fingerprint density at radius 2 is 1.93 bits per heavy atom. The predicted octanol–water partition coefficient (Wildman–Crippen LogP) is 4.86. The molecule has 1 aromatic carbocycles. The second-order valence-corrected chi connectivity index (χ2v) is 8.44. The van der Waals surface area contributed by atoms with Crippen LogP contribution in [-0.2, 0) is 0 Å². The summed E-state index contributed by atoms with van der Waals surface area (Å²) in [4.78, 5) is 19.8. The van der Waals surface area contributed by atoms with Crippen molar-refractivity contribution in [3.05, 3.63) is 76.2 Å². The lowest BCUT2D eigenvalue weighted by atomic mass is 9.89. The van der Waals surface area contributed by atoms with Crippen LogP contribution in [0.4, 0.5) is 11.5 Å². The van der Waals surface area contributed by atoms with Gasteiger partial charge in [-0.25, -0.2) is 4.98 Å². The first-order valence-corrected chi connectivity index (χ1v) is 11.1. The number of carbonyl (C=O) groups excluding carboxylic acids is 1. The van der Waals surface area contributed by atoms with Gasteiger partial charge in [-0.05, 0) is 42.2 Å². The van der Waals surface area contributed by atoms with Crippen molar-refractivity contribution in [1.82, 2.24) is 19.5 Å². The number of amides is 1. The Morgan fingerprint density at radius 1 is 1.13 bits per heavy atom. The van der Waals surface area contributed by atoms with Gasteiger partial charge in [0.25, 0.3) is 5.91 Å². The van der Waals surface area contributed by atoms with Gasteiger partial charge in [-0.2, -0.15) is 9.61 Å². The van der Waals surface area contributed by atoms with Gasteiger partial charge in [0.15, 0.2) is 5.65 Å². The van der Waals surface area contributed by atoms with Crippen LogP contribution in [0.25, 0.3) is 5.65 Å². The standard InChI is InChI=1S/C23H23N5OS/c1-16-14-30-15-20(16)26-22-19(13-24-21-7-10-25-28(21)22)23(29)27-11-8-18(9-12-27)17-5-3-2-4-6-17/h2-7,10,13-15,18,26H,8-9,11-12H2,1H3. The van der Waals surface area contributed by atoms with Crippen molar-refractivity contribution >= 4 is 34.4 Å². The predicted molar refractivity (Wildman–Crippen MR) is 120 cm³/mol. The van der Waals surface area contributed by atoms with Gasteiger partial charge in [0.2, 0.25) is 0 Å². The molecule has 0 atom stereocenters. The van der Waals surface area contributed by atoms with E-state index in [4.69, 9.17) is 0 Å². The van der Waals surface area contributed by atoms with Crippen LogP contribution in [0, 0.1) is 6.92 Å². The molecule has 1 aliphatic heterocycles. The van der Waals surface area contributed by atoms with E-state index in [0.29, 0.717) is 22.9 Å². The van der Waals surface area contributed by atoms with Crippen LogP contribution in [0.15, 0.2) is 59.6 Å². The summed E-state index contributed by atoms with van der Waals surface area (Å²) in [6, 6.07) is 12.4. The number of nitrogens with zero attached hydrogens (tertiary/aromatic N) is 4. The molecule has 30 heavy (non-hydrogen) atoms. The van der Waals surface area contributed by atoms with Crippen LogP contribution in [-0.4, -0.2) is 38.5 Å². The van der Waals surface area contributed by atoms with Crippen molar-refractivity contribution in [2.24, 2.45) is 0 Å². The fraction of sp³-hybridized carbons (Fsp3) is 0.261. The van der Waals surface area contributed by atoms with Crippen LogP contribution in [0.3, 0.4) is 0 Å².